The minimum absolute atomic E-state index is 0.701. The zero-order valence-corrected chi connectivity index (χ0v) is 11.5. The lowest BCUT2D eigenvalue weighted by molar-refractivity contribution is 0.149. The molecule has 0 bridgehead atoms. The first-order chi connectivity index (χ1) is 9.42. The van der Waals surface area contributed by atoms with E-state index in [1.54, 1.807) is 6.33 Å². The van der Waals surface area contributed by atoms with Gasteiger partial charge in [-0.2, -0.15) is 0 Å². The van der Waals surface area contributed by atoms with Crippen LogP contribution in [0.1, 0.15) is 36.9 Å². The number of aryl methyl sites for hydroxylation is 1. The van der Waals surface area contributed by atoms with E-state index in [-0.39, 0.29) is 0 Å². The Balaban J connectivity index is 1.84. The van der Waals surface area contributed by atoms with E-state index in [1.807, 2.05) is 6.08 Å². The number of ether oxygens (including phenoxy) is 1. The molecule has 1 aromatic rings. The molecule has 0 spiro atoms. The molecule has 1 heterocycles. The van der Waals surface area contributed by atoms with E-state index in [1.165, 1.54) is 30.5 Å². The minimum Gasteiger partial charge on any atom is -0.379 e. The van der Waals surface area contributed by atoms with Crippen molar-refractivity contribution in [2.75, 3.05) is 25.1 Å². The largest absolute Gasteiger partial charge is 0.379 e. The van der Waals surface area contributed by atoms with Gasteiger partial charge in [-0.15, -0.1) is 6.58 Å². The van der Waals surface area contributed by atoms with E-state index in [0.29, 0.717) is 6.61 Å². The van der Waals surface area contributed by atoms with Gasteiger partial charge in [0.2, 0.25) is 0 Å². The Morgan fingerprint density at radius 3 is 3.00 bits per heavy atom. The highest BCUT2D eigenvalue weighted by atomic mass is 16.5. The molecule has 0 amide bonds. The molecule has 2 rings (SSSR count). The Labute approximate surface area is 115 Å². The van der Waals surface area contributed by atoms with Crippen molar-refractivity contribution in [1.29, 1.82) is 0 Å². The summed E-state index contributed by atoms with van der Waals surface area (Å²) >= 11 is 0. The Morgan fingerprint density at radius 1 is 1.21 bits per heavy atom. The number of hydrogen-bond acceptors (Lipinski definition) is 4. The third kappa shape index (κ3) is 4.31. The van der Waals surface area contributed by atoms with Gasteiger partial charge < -0.3 is 10.1 Å². The first-order valence-electron chi connectivity index (χ1n) is 7.17. The molecule has 0 fully saturated rings. The lowest BCUT2D eigenvalue weighted by Gasteiger charge is -2.12. The van der Waals surface area contributed by atoms with E-state index in [9.17, 15) is 0 Å². The van der Waals surface area contributed by atoms with Gasteiger partial charge in [-0.1, -0.05) is 12.5 Å². The smallest absolute Gasteiger partial charge is 0.132 e. The molecule has 0 aromatic carbocycles. The van der Waals surface area contributed by atoms with Crippen LogP contribution in [0.15, 0.2) is 19.0 Å². The molecule has 1 aromatic heterocycles. The number of anilines is 1. The average Bonchev–Trinajstić information content (AvgIpc) is 2.68. The highest BCUT2D eigenvalue weighted by Crippen LogP contribution is 2.23. The molecule has 0 aliphatic heterocycles. The van der Waals surface area contributed by atoms with Gasteiger partial charge in [0.1, 0.15) is 12.1 Å². The summed E-state index contributed by atoms with van der Waals surface area (Å²) in [6, 6.07) is 0. The second-order valence-electron chi connectivity index (χ2n) is 4.82. The predicted octanol–water partition coefficient (Wildman–Crippen LogP) is 2.75. The van der Waals surface area contributed by atoms with Crippen molar-refractivity contribution in [2.45, 2.75) is 38.5 Å². The summed E-state index contributed by atoms with van der Waals surface area (Å²) in [5.74, 6) is 0.999. The Bertz CT molecular complexity index is 406. The zero-order valence-electron chi connectivity index (χ0n) is 11.5. The van der Waals surface area contributed by atoms with Gasteiger partial charge in [-0.3, -0.25) is 0 Å². The van der Waals surface area contributed by atoms with Crippen LogP contribution < -0.4 is 5.32 Å². The monoisotopic (exact) mass is 261 g/mol. The number of nitrogens with zero attached hydrogens (tertiary/aromatic N) is 2. The molecule has 0 saturated carbocycles. The van der Waals surface area contributed by atoms with E-state index in [2.05, 4.69) is 21.9 Å². The van der Waals surface area contributed by atoms with Crippen LogP contribution in [0.3, 0.4) is 0 Å². The van der Waals surface area contributed by atoms with Crippen LogP contribution in [-0.4, -0.2) is 29.7 Å². The Kier molecular flexibility index (Phi) is 5.82. The van der Waals surface area contributed by atoms with E-state index in [4.69, 9.17) is 4.74 Å². The normalized spacial score (nSPS) is 14.5. The molecule has 0 atom stereocenters. The fraction of sp³-hybridized carbons (Fsp3) is 0.600. The van der Waals surface area contributed by atoms with Crippen LogP contribution in [0.25, 0.3) is 0 Å². The molecule has 1 aliphatic rings. The fourth-order valence-corrected chi connectivity index (χ4v) is 2.36. The second kappa shape index (κ2) is 7.89. The van der Waals surface area contributed by atoms with Crippen LogP contribution in [0.5, 0.6) is 0 Å². The molecule has 0 radical (unpaired) electrons. The molecule has 4 nitrogen and oxygen atoms in total. The molecular formula is C15H23N3O. The van der Waals surface area contributed by atoms with Crippen LogP contribution in [0.4, 0.5) is 5.82 Å². The van der Waals surface area contributed by atoms with Crippen molar-refractivity contribution in [3.05, 3.63) is 30.2 Å². The van der Waals surface area contributed by atoms with Crippen molar-refractivity contribution in [3.63, 3.8) is 0 Å². The third-order valence-corrected chi connectivity index (χ3v) is 3.38. The summed E-state index contributed by atoms with van der Waals surface area (Å²) in [6.07, 6.45) is 10.4. The van der Waals surface area contributed by atoms with Crippen molar-refractivity contribution in [2.24, 2.45) is 0 Å². The van der Waals surface area contributed by atoms with E-state index >= 15 is 0 Å². The van der Waals surface area contributed by atoms with Gasteiger partial charge in [0.25, 0.3) is 0 Å². The number of rotatable bonds is 7. The molecule has 0 saturated heterocycles. The molecule has 104 valence electrons. The molecule has 4 heteroatoms. The summed E-state index contributed by atoms with van der Waals surface area (Å²) in [5, 5.41) is 3.38. The summed E-state index contributed by atoms with van der Waals surface area (Å²) in [6.45, 7) is 5.91. The zero-order chi connectivity index (χ0) is 13.3. The van der Waals surface area contributed by atoms with Gasteiger partial charge in [0.05, 0.1) is 13.2 Å². The van der Waals surface area contributed by atoms with Crippen LogP contribution >= 0.6 is 0 Å². The van der Waals surface area contributed by atoms with Crippen molar-refractivity contribution < 1.29 is 4.74 Å². The summed E-state index contributed by atoms with van der Waals surface area (Å²) in [5.41, 5.74) is 2.54. The summed E-state index contributed by atoms with van der Waals surface area (Å²) in [4.78, 5) is 8.79. The van der Waals surface area contributed by atoms with E-state index in [0.717, 1.165) is 38.2 Å². The summed E-state index contributed by atoms with van der Waals surface area (Å²) < 4.78 is 5.49. The molecule has 1 N–H and O–H groups in total. The number of fused-ring (bicyclic) bond motifs is 1. The van der Waals surface area contributed by atoms with E-state index < -0.39 is 0 Å². The average molecular weight is 261 g/mol. The second-order valence-corrected chi connectivity index (χ2v) is 4.82. The lowest BCUT2D eigenvalue weighted by atomic mass is 10.1. The SMILES string of the molecule is C=CCCOCCNc1ncnc2c1CCCCC2. The van der Waals surface area contributed by atoms with Crippen molar-refractivity contribution >= 4 is 5.82 Å². The maximum Gasteiger partial charge on any atom is 0.132 e. The molecule has 1 aliphatic carbocycles. The van der Waals surface area contributed by atoms with Gasteiger partial charge >= 0.3 is 0 Å². The van der Waals surface area contributed by atoms with Crippen LogP contribution in [-0.2, 0) is 17.6 Å². The topological polar surface area (TPSA) is 47.0 Å². The Morgan fingerprint density at radius 2 is 2.11 bits per heavy atom. The molecule has 0 unspecified atom stereocenters. The van der Waals surface area contributed by atoms with Crippen LogP contribution in [0.2, 0.25) is 0 Å². The van der Waals surface area contributed by atoms with Gasteiger partial charge in [0, 0.05) is 17.8 Å². The highest BCUT2D eigenvalue weighted by Gasteiger charge is 2.13. The highest BCUT2D eigenvalue weighted by molar-refractivity contribution is 5.46. The first kappa shape index (κ1) is 14.0. The predicted molar refractivity (Wildman–Crippen MR) is 77.4 cm³/mol. The standard InChI is InChI=1S/C15H23N3O/c1-2-3-10-19-11-9-16-15-13-7-5-4-6-8-14(13)17-12-18-15/h2,12H,1,3-11H2,(H,16,17,18). The number of nitrogens with one attached hydrogen (secondary N) is 1. The maximum atomic E-state index is 5.49. The van der Waals surface area contributed by atoms with Gasteiger partial charge in [-0.05, 0) is 32.1 Å². The van der Waals surface area contributed by atoms with Crippen molar-refractivity contribution in [3.8, 4) is 0 Å². The van der Waals surface area contributed by atoms with Crippen LogP contribution in [0, 0.1) is 0 Å². The van der Waals surface area contributed by atoms with Crippen molar-refractivity contribution in [1.82, 2.24) is 9.97 Å². The fourth-order valence-electron chi connectivity index (χ4n) is 2.36. The lowest BCUT2D eigenvalue weighted by Crippen LogP contribution is -2.13. The molecule has 19 heavy (non-hydrogen) atoms. The first-order valence-corrected chi connectivity index (χ1v) is 7.17. The van der Waals surface area contributed by atoms with Gasteiger partial charge in [0.15, 0.2) is 0 Å². The quantitative estimate of drug-likeness (QED) is 0.466. The third-order valence-electron chi connectivity index (χ3n) is 3.38. The number of hydrogen-bond donors (Lipinski definition) is 1. The maximum absolute atomic E-state index is 5.49. The summed E-state index contributed by atoms with van der Waals surface area (Å²) in [7, 11) is 0. The number of aromatic nitrogens is 2. The molecular weight excluding hydrogens is 238 g/mol. The minimum atomic E-state index is 0.701. The van der Waals surface area contributed by atoms with Gasteiger partial charge in [-0.25, -0.2) is 9.97 Å². The Hall–Kier alpha value is -1.42.